The maximum absolute atomic E-state index is 12.8. The number of rotatable bonds is 4. The molecule has 3 aromatic rings. The molecule has 0 unspecified atom stereocenters. The summed E-state index contributed by atoms with van der Waals surface area (Å²) in [5, 5.41) is 23.6. The molecule has 0 aliphatic rings. The monoisotopic (exact) mass is 391 g/mol. The number of hydrogen-bond donors (Lipinski definition) is 1. The Kier molecular flexibility index (Phi) is 5.39. The normalized spacial score (nSPS) is 10.8. The van der Waals surface area contributed by atoms with Crippen LogP contribution in [0.2, 0.25) is 5.02 Å². The highest BCUT2D eigenvalue weighted by Gasteiger charge is 2.21. The Morgan fingerprint density at radius 1 is 1.18 bits per heavy atom. The number of carboxylic acids is 1. The lowest BCUT2D eigenvalue weighted by molar-refractivity contribution is 0.0688. The van der Waals surface area contributed by atoms with Gasteiger partial charge in [-0.2, -0.15) is 15.0 Å². The molecule has 138 valence electrons. The molecule has 0 saturated carbocycles. The van der Waals surface area contributed by atoms with E-state index in [1.807, 2.05) is 13.0 Å². The smallest absolute Gasteiger partial charge is 0.357 e. The van der Waals surface area contributed by atoms with Gasteiger partial charge in [-0.05, 0) is 30.7 Å². The van der Waals surface area contributed by atoms with E-state index in [1.165, 1.54) is 6.08 Å². The predicted molar refractivity (Wildman–Crippen MR) is 107 cm³/mol. The van der Waals surface area contributed by atoms with Crippen LogP contribution in [0.1, 0.15) is 32.7 Å². The van der Waals surface area contributed by atoms with Crippen LogP contribution in [0.25, 0.3) is 17.8 Å². The van der Waals surface area contributed by atoms with Crippen molar-refractivity contribution in [3.8, 4) is 11.8 Å². The second-order valence-electron chi connectivity index (χ2n) is 5.96. The van der Waals surface area contributed by atoms with E-state index < -0.39 is 17.2 Å². The second-order valence-corrected chi connectivity index (χ2v) is 6.37. The van der Waals surface area contributed by atoms with Gasteiger partial charge in [-0.3, -0.25) is 4.79 Å². The summed E-state index contributed by atoms with van der Waals surface area (Å²) in [6.45, 7) is 1.88. The number of hydrogen-bond acceptors (Lipinski definition) is 4. The largest absolute Gasteiger partial charge is 0.476 e. The molecule has 0 saturated heterocycles. The van der Waals surface area contributed by atoms with Gasteiger partial charge in [0.15, 0.2) is 5.69 Å². The van der Waals surface area contributed by atoms with Crippen molar-refractivity contribution in [3.63, 3.8) is 0 Å². The first kappa shape index (κ1) is 19.1. The van der Waals surface area contributed by atoms with Crippen molar-refractivity contribution in [2.24, 2.45) is 0 Å². The fourth-order valence-electron chi connectivity index (χ4n) is 2.61. The summed E-state index contributed by atoms with van der Waals surface area (Å²) in [6, 6.07) is 15.5. The molecule has 2 aromatic carbocycles. The molecule has 28 heavy (non-hydrogen) atoms. The summed E-state index contributed by atoms with van der Waals surface area (Å²) in [6.07, 6.45) is 2.92. The molecule has 7 heteroatoms. The van der Waals surface area contributed by atoms with Crippen molar-refractivity contribution >= 4 is 29.7 Å². The van der Waals surface area contributed by atoms with E-state index in [-0.39, 0.29) is 11.1 Å². The minimum absolute atomic E-state index is 0.0664. The molecular weight excluding hydrogens is 378 g/mol. The standard InChI is InChI=1S/C21H14ClN3O3/c1-13-6-9-15(10-7-13)25-20(26)17(12-23)16(19(24-25)21(27)28)11-8-14-4-2-3-5-18(14)22/h2-11H,1H3,(H,27,28)/b11-8-. The molecule has 1 aromatic heterocycles. The Bertz CT molecular complexity index is 1190. The summed E-state index contributed by atoms with van der Waals surface area (Å²) >= 11 is 6.10. The third-order valence-electron chi connectivity index (χ3n) is 4.06. The number of aryl methyl sites for hydroxylation is 1. The molecule has 6 nitrogen and oxygen atoms in total. The van der Waals surface area contributed by atoms with Gasteiger partial charge < -0.3 is 5.11 Å². The first-order valence-corrected chi connectivity index (χ1v) is 8.60. The Morgan fingerprint density at radius 2 is 1.86 bits per heavy atom. The van der Waals surface area contributed by atoms with Crippen molar-refractivity contribution in [1.29, 1.82) is 5.26 Å². The van der Waals surface area contributed by atoms with Crippen LogP contribution in [-0.4, -0.2) is 20.9 Å². The first-order valence-electron chi connectivity index (χ1n) is 8.22. The van der Waals surface area contributed by atoms with Crippen LogP contribution >= 0.6 is 11.6 Å². The Hall–Kier alpha value is -3.69. The molecule has 3 rings (SSSR count). The molecule has 0 atom stereocenters. The summed E-state index contributed by atoms with van der Waals surface area (Å²) in [5.74, 6) is -1.35. The number of carboxylic acid groups (broad SMARTS) is 1. The average Bonchev–Trinajstić information content (AvgIpc) is 2.68. The lowest BCUT2D eigenvalue weighted by atomic mass is 10.1. The Labute approximate surface area is 165 Å². The summed E-state index contributed by atoms with van der Waals surface area (Å²) < 4.78 is 0.925. The van der Waals surface area contributed by atoms with E-state index >= 15 is 0 Å². The van der Waals surface area contributed by atoms with Crippen LogP contribution in [0.4, 0.5) is 0 Å². The maximum atomic E-state index is 12.8. The van der Waals surface area contributed by atoms with Gasteiger partial charge in [-0.25, -0.2) is 4.79 Å². The van der Waals surface area contributed by atoms with Crippen molar-refractivity contribution in [3.05, 3.63) is 91.9 Å². The first-order chi connectivity index (χ1) is 13.4. The van der Waals surface area contributed by atoms with Crippen LogP contribution in [0.15, 0.2) is 53.3 Å². The summed E-state index contributed by atoms with van der Waals surface area (Å²) in [7, 11) is 0. The number of nitrogens with zero attached hydrogens (tertiary/aromatic N) is 3. The molecule has 0 aliphatic heterocycles. The zero-order valence-corrected chi connectivity index (χ0v) is 15.5. The van der Waals surface area contributed by atoms with Crippen molar-refractivity contribution in [1.82, 2.24) is 9.78 Å². The molecule has 0 bridgehead atoms. The fraction of sp³-hybridized carbons (Fsp3) is 0.0476. The zero-order chi connectivity index (χ0) is 20.3. The van der Waals surface area contributed by atoms with Crippen LogP contribution in [0.5, 0.6) is 0 Å². The quantitative estimate of drug-likeness (QED) is 0.726. The Balaban J connectivity index is 2.23. The van der Waals surface area contributed by atoms with Gasteiger partial charge in [0.1, 0.15) is 11.6 Å². The predicted octanol–water partition coefficient (Wildman–Crippen LogP) is 3.93. The highest BCUT2D eigenvalue weighted by atomic mass is 35.5. The van der Waals surface area contributed by atoms with Gasteiger partial charge in [0.2, 0.25) is 0 Å². The van der Waals surface area contributed by atoms with E-state index in [2.05, 4.69) is 5.10 Å². The summed E-state index contributed by atoms with van der Waals surface area (Å²) in [5.41, 5.74) is 0.480. The van der Waals surface area contributed by atoms with Crippen LogP contribution in [-0.2, 0) is 0 Å². The van der Waals surface area contributed by atoms with E-state index in [9.17, 15) is 20.0 Å². The van der Waals surface area contributed by atoms with Crippen LogP contribution in [0, 0.1) is 18.3 Å². The molecule has 1 N–H and O–H groups in total. The van der Waals surface area contributed by atoms with Gasteiger partial charge in [0, 0.05) is 10.6 Å². The zero-order valence-electron chi connectivity index (χ0n) is 14.8. The van der Waals surface area contributed by atoms with Gasteiger partial charge in [-0.1, -0.05) is 59.6 Å². The topological polar surface area (TPSA) is 96.0 Å². The molecule has 0 amide bonds. The highest BCUT2D eigenvalue weighted by molar-refractivity contribution is 6.32. The van der Waals surface area contributed by atoms with Crippen LogP contribution in [0.3, 0.4) is 0 Å². The highest BCUT2D eigenvalue weighted by Crippen LogP contribution is 2.20. The van der Waals surface area contributed by atoms with Gasteiger partial charge in [0.05, 0.1) is 5.69 Å². The number of aromatic nitrogens is 2. The Morgan fingerprint density at radius 3 is 2.46 bits per heavy atom. The number of carbonyl (C=O) groups is 1. The SMILES string of the molecule is Cc1ccc(-n2nc(C(=O)O)c(/C=C\c3ccccc3Cl)c(C#N)c2=O)cc1. The van der Waals surface area contributed by atoms with Gasteiger partial charge >= 0.3 is 5.97 Å². The lowest BCUT2D eigenvalue weighted by Crippen LogP contribution is -2.28. The third kappa shape index (κ3) is 3.70. The number of halogens is 1. The molecule has 0 radical (unpaired) electrons. The van der Waals surface area contributed by atoms with Crippen molar-refractivity contribution < 1.29 is 9.90 Å². The number of benzene rings is 2. The average molecular weight is 392 g/mol. The van der Waals surface area contributed by atoms with E-state index in [0.29, 0.717) is 16.3 Å². The van der Waals surface area contributed by atoms with Gasteiger partial charge in [-0.15, -0.1) is 0 Å². The van der Waals surface area contributed by atoms with Crippen molar-refractivity contribution in [2.45, 2.75) is 6.92 Å². The second kappa shape index (κ2) is 7.91. The summed E-state index contributed by atoms with van der Waals surface area (Å²) in [4.78, 5) is 24.6. The molecule has 0 aliphatic carbocycles. The molecular formula is C21H14ClN3O3. The minimum atomic E-state index is -1.35. The number of aromatic carboxylic acids is 1. The van der Waals surface area contributed by atoms with E-state index in [0.717, 1.165) is 10.2 Å². The molecule has 0 fully saturated rings. The third-order valence-corrected chi connectivity index (χ3v) is 4.40. The van der Waals surface area contributed by atoms with Crippen molar-refractivity contribution in [2.75, 3.05) is 0 Å². The lowest BCUT2D eigenvalue weighted by Gasteiger charge is -2.10. The molecule has 0 spiro atoms. The minimum Gasteiger partial charge on any atom is -0.476 e. The fourth-order valence-corrected chi connectivity index (χ4v) is 2.81. The van der Waals surface area contributed by atoms with Crippen LogP contribution < -0.4 is 5.56 Å². The van der Waals surface area contributed by atoms with E-state index in [1.54, 1.807) is 54.6 Å². The molecule has 1 heterocycles. The van der Waals surface area contributed by atoms with E-state index in [4.69, 9.17) is 11.6 Å². The maximum Gasteiger partial charge on any atom is 0.357 e. The van der Waals surface area contributed by atoms with Gasteiger partial charge in [0.25, 0.3) is 5.56 Å². The number of nitriles is 1.